The van der Waals surface area contributed by atoms with Gasteiger partial charge in [0.1, 0.15) is 11.5 Å². The van der Waals surface area contributed by atoms with Crippen molar-refractivity contribution in [2.75, 3.05) is 13.2 Å². The Morgan fingerprint density at radius 1 is 1.13 bits per heavy atom. The summed E-state index contributed by atoms with van der Waals surface area (Å²) in [5, 5.41) is 0. The first-order valence-electron chi connectivity index (χ1n) is 10.1. The molecule has 0 aliphatic carbocycles. The number of nitrogens with zero attached hydrogens (tertiary/aromatic N) is 1. The molecule has 0 fully saturated rings. The minimum absolute atomic E-state index is 0.117. The maximum absolute atomic E-state index is 12.0. The fourth-order valence-corrected chi connectivity index (χ4v) is 3.05. The summed E-state index contributed by atoms with van der Waals surface area (Å²) in [6.07, 6.45) is 3.45. The van der Waals surface area contributed by atoms with Crippen LogP contribution in [0.1, 0.15) is 41.2 Å². The van der Waals surface area contributed by atoms with Crippen LogP contribution in [0.25, 0.3) is 17.5 Å². The van der Waals surface area contributed by atoms with E-state index in [1.807, 2.05) is 37.3 Å². The average Bonchev–Trinajstić information content (AvgIpc) is 3.14. The Hall–Kier alpha value is -3.67. The maximum Gasteiger partial charge on any atom is 0.330 e. The second-order valence-electron chi connectivity index (χ2n) is 6.88. The lowest BCUT2D eigenvalue weighted by atomic mass is 10.0. The number of oxazole rings is 1. The largest absolute Gasteiger partial charge is 0.493 e. The number of aryl methyl sites for hydroxylation is 1. The lowest BCUT2D eigenvalue weighted by molar-refractivity contribution is -0.137. The van der Waals surface area contributed by atoms with Crippen LogP contribution in [-0.4, -0.2) is 30.0 Å². The van der Waals surface area contributed by atoms with Gasteiger partial charge in [-0.1, -0.05) is 24.3 Å². The first-order chi connectivity index (χ1) is 15.0. The van der Waals surface area contributed by atoms with Crippen molar-refractivity contribution in [1.29, 1.82) is 0 Å². The molecule has 0 bridgehead atoms. The summed E-state index contributed by atoms with van der Waals surface area (Å²) < 4.78 is 16.5. The van der Waals surface area contributed by atoms with Crippen LogP contribution in [0.5, 0.6) is 5.75 Å². The first-order valence-corrected chi connectivity index (χ1v) is 10.1. The van der Waals surface area contributed by atoms with E-state index < -0.39 is 5.97 Å². The molecule has 0 aliphatic heterocycles. The zero-order valence-corrected chi connectivity index (χ0v) is 17.9. The van der Waals surface area contributed by atoms with E-state index in [-0.39, 0.29) is 5.78 Å². The van der Waals surface area contributed by atoms with Crippen molar-refractivity contribution in [3.8, 4) is 17.2 Å². The van der Waals surface area contributed by atoms with Crippen LogP contribution in [0.3, 0.4) is 0 Å². The Bertz CT molecular complexity index is 1080. The third kappa shape index (κ3) is 5.92. The summed E-state index contributed by atoms with van der Waals surface area (Å²) in [5.74, 6) is 1.35. The van der Waals surface area contributed by atoms with Crippen molar-refractivity contribution >= 4 is 17.8 Å². The van der Waals surface area contributed by atoms with Crippen molar-refractivity contribution in [3.63, 3.8) is 0 Å². The molecule has 0 N–H and O–H groups in total. The molecule has 0 spiro atoms. The minimum Gasteiger partial charge on any atom is -0.493 e. The molecule has 3 rings (SSSR count). The highest BCUT2D eigenvalue weighted by Gasteiger charge is 2.12. The number of carbonyl (C=O) groups excluding carboxylic acids is 2. The van der Waals surface area contributed by atoms with Gasteiger partial charge in [-0.2, -0.15) is 0 Å². The van der Waals surface area contributed by atoms with Gasteiger partial charge >= 0.3 is 5.97 Å². The van der Waals surface area contributed by atoms with E-state index in [1.165, 1.54) is 13.0 Å². The summed E-state index contributed by atoms with van der Waals surface area (Å²) in [6.45, 7) is 5.78. The molecule has 1 aromatic heterocycles. The molecule has 6 heteroatoms. The molecule has 0 aliphatic rings. The van der Waals surface area contributed by atoms with Crippen LogP contribution < -0.4 is 4.74 Å². The molecule has 0 radical (unpaired) electrons. The highest BCUT2D eigenvalue weighted by atomic mass is 16.5. The van der Waals surface area contributed by atoms with Gasteiger partial charge in [-0.25, -0.2) is 9.78 Å². The molecule has 0 unspecified atom stereocenters. The van der Waals surface area contributed by atoms with Gasteiger partial charge in [0.05, 0.1) is 18.9 Å². The van der Waals surface area contributed by atoms with E-state index in [0.29, 0.717) is 42.4 Å². The zero-order chi connectivity index (χ0) is 22.2. The average molecular weight is 419 g/mol. The molecule has 31 heavy (non-hydrogen) atoms. The number of Topliss-reactive ketones (excluding diaryl/α,β-unsaturated/α-hetero) is 1. The summed E-state index contributed by atoms with van der Waals surface area (Å²) in [6, 6.07) is 14.9. The molecular weight excluding hydrogens is 394 g/mol. The van der Waals surface area contributed by atoms with Crippen LogP contribution in [-0.2, 0) is 16.0 Å². The van der Waals surface area contributed by atoms with Crippen molar-refractivity contribution in [1.82, 2.24) is 4.98 Å². The highest BCUT2D eigenvalue weighted by molar-refractivity contribution is 5.99. The van der Waals surface area contributed by atoms with E-state index in [1.54, 1.807) is 31.2 Å². The van der Waals surface area contributed by atoms with Crippen LogP contribution in [0.4, 0.5) is 0 Å². The van der Waals surface area contributed by atoms with Crippen molar-refractivity contribution in [2.24, 2.45) is 0 Å². The predicted molar refractivity (Wildman–Crippen MR) is 118 cm³/mol. The van der Waals surface area contributed by atoms with E-state index in [2.05, 4.69) is 4.98 Å². The quantitative estimate of drug-likeness (QED) is 0.274. The monoisotopic (exact) mass is 419 g/mol. The lowest BCUT2D eigenvalue weighted by Crippen LogP contribution is -2.04. The normalized spacial score (nSPS) is 10.9. The molecule has 1 heterocycles. The third-order valence-electron chi connectivity index (χ3n) is 4.61. The second kappa shape index (κ2) is 10.4. The molecule has 0 atom stereocenters. The summed E-state index contributed by atoms with van der Waals surface area (Å²) in [4.78, 5) is 28.1. The van der Waals surface area contributed by atoms with Gasteiger partial charge in [-0.3, -0.25) is 4.79 Å². The van der Waals surface area contributed by atoms with E-state index >= 15 is 0 Å². The Morgan fingerprint density at radius 2 is 1.90 bits per heavy atom. The number of ketones is 1. The SMILES string of the molecule is CCOC(=O)C=Cc1ccc(OCCc2nc(-c3ccccc3)oc2C)cc1C(C)=O. The smallest absolute Gasteiger partial charge is 0.330 e. The third-order valence-corrected chi connectivity index (χ3v) is 4.61. The molecule has 6 nitrogen and oxygen atoms in total. The number of aromatic nitrogens is 1. The number of carbonyl (C=O) groups is 2. The molecule has 0 saturated heterocycles. The number of hydrogen-bond acceptors (Lipinski definition) is 6. The predicted octanol–water partition coefficient (Wildman–Crippen LogP) is 5.05. The Balaban J connectivity index is 1.66. The van der Waals surface area contributed by atoms with Gasteiger partial charge in [0.15, 0.2) is 5.78 Å². The van der Waals surface area contributed by atoms with Crippen molar-refractivity contribution in [3.05, 3.63) is 77.2 Å². The molecule has 0 amide bonds. The van der Waals surface area contributed by atoms with Gasteiger partial charge in [0.2, 0.25) is 5.89 Å². The zero-order valence-electron chi connectivity index (χ0n) is 17.9. The number of hydrogen-bond donors (Lipinski definition) is 0. The minimum atomic E-state index is -0.449. The number of benzene rings is 2. The van der Waals surface area contributed by atoms with Crippen LogP contribution >= 0.6 is 0 Å². The van der Waals surface area contributed by atoms with Gasteiger partial charge in [0.25, 0.3) is 0 Å². The van der Waals surface area contributed by atoms with Crippen LogP contribution in [0, 0.1) is 6.92 Å². The van der Waals surface area contributed by atoms with E-state index in [0.717, 1.165) is 17.0 Å². The maximum atomic E-state index is 12.0. The Kier molecular flexibility index (Phi) is 7.38. The van der Waals surface area contributed by atoms with Crippen molar-refractivity contribution in [2.45, 2.75) is 27.2 Å². The molecule has 160 valence electrons. The second-order valence-corrected chi connectivity index (χ2v) is 6.88. The Labute approximate surface area is 181 Å². The van der Waals surface area contributed by atoms with Gasteiger partial charge in [-0.15, -0.1) is 0 Å². The fraction of sp³-hybridized carbons (Fsp3) is 0.240. The van der Waals surface area contributed by atoms with Gasteiger partial charge in [-0.05, 0) is 56.7 Å². The van der Waals surface area contributed by atoms with Crippen molar-refractivity contribution < 1.29 is 23.5 Å². The summed E-state index contributed by atoms with van der Waals surface area (Å²) in [7, 11) is 0. The number of ether oxygens (including phenoxy) is 2. The molecule has 2 aromatic carbocycles. The number of esters is 1. The van der Waals surface area contributed by atoms with Crippen LogP contribution in [0.15, 0.2) is 59.0 Å². The fourth-order valence-electron chi connectivity index (χ4n) is 3.05. The van der Waals surface area contributed by atoms with Gasteiger partial charge in [0, 0.05) is 23.6 Å². The summed E-state index contributed by atoms with van der Waals surface area (Å²) >= 11 is 0. The Morgan fingerprint density at radius 3 is 2.61 bits per heavy atom. The molecule has 3 aromatic rings. The van der Waals surface area contributed by atoms with E-state index in [4.69, 9.17) is 13.9 Å². The summed E-state index contributed by atoms with van der Waals surface area (Å²) in [5.41, 5.74) is 2.87. The van der Waals surface area contributed by atoms with E-state index in [9.17, 15) is 9.59 Å². The highest BCUT2D eigenvalue weighted by Crippen LogP contribution is 2.23. The lowest BCUT2D eigenvalue weighted by Gasteiger charge is -2.09. The topological polar surface area (TPSA) is 78.6 Å². The van der Waals surface area contributed by atoms with Crippen LogP contribution in [0.2, 0.25) is 0 Å². The van der Waals surface area contributed by atoms with Gasteiger partial charge < -0.3 is 13.9 Å². The first kappa shape index (κ1) is 22.0. The standard InChI is InChI=1S/C25H25NO5/c1-4-29-24(28)13-11-19-10-12-21(16-22(19)17(2)27)30-15-14-23-18(3)31-25(26-23)20-8-6-5-7-9-20/h5-13,16H,4,14-15H2,1-3H3. The number of rotatable bonds is 9. The molecular formula is C25H25NO5. The molecule has 0 saturated carbocycles.